The smallest absolute Gasteiger partial charge is 0.220 e. The molecule has 2 aliphatic rings. The molecule has 14 nitrogen and oxygen atoms in total. The van der Waals surface area contributed by atoms with Crippen LogP contribution in [-0.2, 0) is 23.7 Å². The van der Waals surface area contributed by atoms with Crippen molar-refractivity contribution in [1.82, 2.24) is 5.32 Å². The Kier molecular flexibility index (Phi) is 40.4. The van der Waals surface area contributed by atoms with Gasteiger partial charge in [0.25, 0.3) is 0 Å². The largest absolute Gasteiger partial charge is 0.394 e. The zero-order valence-electron chi connectivity index (χ0n) is 44.7. The minimum absolute atomic E-state index is 0.246. The van der Waals surface area contributed by atoms with E-state index in [1.807, 2.05) is 6.08 Å². The highest BCUT2D eigenvalue weighted by molar-refractivity contribution is 5.76. The molecule has 0 aliphatic carbocycles. The molecule has 2 aliphatic heterocycles. The fourth-order valence-electron chi connectivity index (χ4n) is 9.66. The summed E-state index contributed by atoms with van der Waals surface area (Å²) in [6.45, 7) is 2.79. The Bertz CT molecular complexity index is 1290. The highest BCUT2D eigenvalue weighted by Crippen LogP contribution is 2.30. The van der Waals surface area contributed by atoms with Crippen LogP contribution >= 0.6 is 0 Å². The molecule has 0 spiro atoms. The molecule has 2 heterocycles. The minimum Gasteiger partial charge on any atom is -0.394 e. The Morgan fingerprint density at radius 3 is 1.38 bits per heavy atom. The first kappa shape index (κ1) is 65.6. The van der Waals surface area contributed by atoms with Gasteiger partial charge in [-0.15, -0.1) is 0 Å². The van der Waals surface area contributed by atoms with Crippen molar-refractivity contribution in [2.24, 2.45) is 0 Å². The van der Waals surface area contributed by atoms with Crippen LogP contribution in [0.3, 0.4) is 0 Å². The molecule has 418 valence electrons. The third-order valence-electron chi connectivity index (χ3n) is 14.4. The van der Waals surface area contributed by atoms with Gasteiger partial charge in [0.15, 0.2) is 12.6 Å². The van der Waals surface area contributed by atoms with E-state index in [0.29, 0.717) is 12.8 Å². The number of nitrogens with one attached hydrogen (secondary N) is 1. The molecule has 2 saturated heterocycles. The zero-order chi connectivity index (χ0) is 51.7. The first-order valence-corrected chi connectivity index (χ1v) is 29.1. The molecule has 0 aromatic rings. The van der Waals surface area contributed by atoms with Crippen molar-refractivity contribution in [2.45, 2.75) is 312 Å². The van der Waals surface area contributed by atoms with Crippen LogP contribution in [0.25, 0.3) is 0 Å². The Hall–Kier alpha value is -1.53. The zero-order valence-corrected chi connectivity index (χ0v) is 44.7. The average molecular weight is 1010 g/mol. The number of allylic oxidation sites excluding steroid dienone is 3. The number of aliphatic hydroxyl groups excluding tert-OH is 8. The number of carbonyl (C=O) groups excluding carboxylic acids is 1. The lowest BCUT2D eigenvalue weighted by atomic mass is 9.97. The second-order valence-electron chi connectivity index (χ2n) is 20.8. The molecule has 0 saturated carbocycles. The quantitative estimate of drug-likeness (QED) is 0.0205. The number of hydrogen-bond acceptors (Lipinski definition) is 13. The summed E-state index contributed by atoms with van der Waals surface area (Å²) in [5.41, 5.74) is 0. The molecule has 9 N–H and O–H groups in total. The molecule has 2 fully saturated rings. The van der Waals surface area contributed by atoms with Crippen molar-refractivity contribution in [3.63, 3.8) is 0 Å². The second-order valence-corrected chi connectivity index (χ2v) is 20.8. The monoisotopic (exact) mass is 1010 g/mol. The molecule has 71 heavy (non-hydrogen) atoms. The highest BCUT2D eigenvalue weighted by atomic mass is 16.7. The normalized spacial score (nSPS) is 25.9. The maximum absolute atomic E-state index is 13.2. The van der Waals surface area contributed by atoms with Gasteiger partial charge in [-0.2, -0.15) is 0 Å². The minimum atomic E-state index is -1.79. The van der Waals surface area contributed by atoms with E-state index in [0.717, 1.165) is 32.1 Å². The van der Waals surface area contributed by atoms with Gasteiger partial charge in [0.1, 0.15) is 48.8 Å². The van der Waals surface area contributed by atoms with Crippen molar-refractivity contribution in [3.05, 3.63) is 24.3 Å². The lowest BCUT2D eigenvalue weighted by molar-refractivity contribution is -0.359. The Morgan fingerprint density at radius 1 is 0.493 bits per heavy atom. The fraction of sp³-hybridized carbons (Fsp3) is 0.912. The highest BCUT2D eigenvalue weighted by Gasteiger charge is 2.51. The summed E-state index contributed by atoms with van der Waals surface area (Å²) in [6, 6.07) is -0.926. The van der Waals surface area contributed by atoms with Crippen molar-refractivity contribution < 1.29 is 64.6 Å². The van der Waals surface area contributed by atoms with Gasteiger partial charge in [0.05, 0.1) is 32.0 Å². The topological polar surface area (TPSA) is 228 Å². The number of unbranched alkanes of at least 4 members (excludes halogenated alkanes) is 31. The summed E-state index contributed by atoms with van der Waals surface area (Å²) in [6.07, 6.45) is 33.7. The summed E-state index contributed by atoms with van der Waals surface area (Å²) in [7, 11) is 0. The van der Waals surface area contributed by atoms with Crippen LogP contribution in [0.2, 0.25) is 0 Å². The predicted octanol–water partition coefficient (Wildman–Crippen LogP) is 9.28. The molecular weight excluding hydrogens is 907 g/mol. The summed E-state index contributed by atoms with van der Waals surface area (Å²) in [5, 5.41) is 86.9. The molecule has 0 aromatic heterocycles. The Balaban J connectivity index is 1.76. The summed E-state index contributed by atoms with van der Waals surface area (Å²) in [4.78, 5) is 13.2. The van der Waals surface area contributed by atoms with Gasteiger partial charge in [-0.25, -0.2) is 0 Å². The van der Waals surface area contributed by atoms with Crippen molar-refractivity contribution in [1.29, 1.82) is 0 Å². The van der Waals surface area contributed by atoms with E-state index in [-0.39, 0.29) is 18.9 Å². The van der Waals surface area contributed by atoms with Gasteiger partial charge >= 0.3 is 0 Å². The molecule has 1 amide bonds. The number of hydrogen-bond donors (Lipinski definition) is 9. The predicted molar refractivity (Wildman–Crippen MR) is 282 cm³/mol. The molecular formula is C57H107NO13. The van der Waals surface area contributed by atoms with Crippen LogP contribution < -0.4 is 5.32 Å². The first-order chi connectivity index (χ1) is 34.6. The van der Waals surface area contributed by atoms with Crippen LogP contribution in [0, 0.1) is 0 Å². The number of aliphatic hydroxyl groups is 8. The SMILES string of the molecule is CCCCCCCCCC/C=C/CC/C=C/C(O)C(COC1OC(CO)C(OC2OC(CO)C(O)C(O)C2O)C(O)C1O)NC(=O)CCCCCCCCCCCCCCCCCCCCCCCCC. The van der Waals surface area contributed by atoms with Gasteiger partial charge in [-0.05, 0) is 32.1 Å². The van der Waals surface area contributed by atoms with Crippen molar-refractivity contribution in [3.8, 4) is 0 Å². The lowest BCUT2D eigenvalue weighted by Crippen LogP contribution is -2.65. The summed E-state index contributed by atoms with van der Waals surface area (Å²) < 4.78 is 22.7. The molecule has 12 atom stereocenters. The van der Waals surface area contributed by atoms with E-state index >= 15 is 0 Å². The second kappa shape index (κ2) is 43.7. The van der Waals surface area contributed by atoms with Gasteiger partial charge < -0.3 is 65.1 Å². The molecule has 0 aromatic carbocycles. The maximum Gasteiger partial charge on any atom is 0.220 e. The number of amides is 1. The molecule has 14 heteroatoms. The van der Waals surface area contributed by atoms with E-state index in [1.165, 1.54) is 173 Å². The molecule has 12 unspecified atom stereocenters. The summed E-state index contributed by atoms with van der Waals surface area (Å²) >= 11 is 0. The molecule has 0 bridgehead atoms. The average Bonchev–Trinajstić information content (AvgIpc) is 3.37. The third kappa shape index (κ3) is 30.0. The maximum atomic E-state index is 13.2. The van der Waals surface area contributed by atoms with Gasteiger partial charge in [0, 0.05) is 6.42 Å². The lowest BCUT2D eigenvalue weighted by Gasteiger charge is -2.46. The Morgan fingerprint density at radius 2 is 0.901 bits per heavy atom. The number of carbonyl (C=O) groups is 1. The molecule has 0 radical (unpaired) electrons. The van der Waals surface area contributed by atoms with Crippen LogP contribution in [-0.4, -0.2) is 140 Å². The van der Waals surface area contributed by atoms with Crippen LogP contribution in [0.4, 0.5) is 0 Å². The summed E-state index contributed by atoms with van der Waals surface area (Å²) in [5.74, 6) is -0.246. The standard InChI is InChI=1S/C57H107NO13/c1-3-5-7-9-11-13-15-17-19-20-21-22-23-24-25-26-27-29-31-33-35-37-39-41-49(62)58-45(46(61)40-38-36-34-32-30-28-18-16-14-12-10-8-6-4-2)44-68-56-54(67)52(65)55(48(43-60)70-56)71-57-53(66)51(64)50(63)47(42-59)69-57/h30,32,38,40,45-48,50-57,59-61,63-67H,3-29,31,33-37,39,41-44H2,1-2H3,(H,58,62)/b32-30+,40-38+. The van der Waals surface area contributed by atoms with E-state index in [1.54, 1.807) is 6.08 Å². The van der Waals surface area contributed by atoms with Crippen LogP contribution in [0.5, 0.6) is 0 Å². The number of rotatable bonds is 46. The first-order valence-electron chi connectivity index (χ1n) is 29.1. The third-order valence-corrected chi connectivity index (χ3v) is 14.4. The number of ether oxygens (including phenoxy) is 4. The van der Waals surface area contributed by atoms with E-state index in [2.05, 4.69) is 31.3 Å². The van der Waals surface area contributed by atoms with Crippen molar-refractivity contribution >= 4 is 5.91 Å². The van der Waals surface area contributed by atoms with Gasteiger partial charge in [-0.3, -0.25) is 4.79 Å². The van der Waals surface area contributed by atoms with E-state index < -0.39 is 86.8 Å². The van der Waals surface area contributed by atoms with Gasteiger partial charge in [-0.1, -0.05) is 224 Å². The van der Waals surface area contributed by atoms with E-state index in [9.17, 15) is 45.6 Å². The Labute approximate surface area is 430 Å². The fourth-order valence-corrected chi connectivity index (χ4v) is 9.66. The van der Waals surface area contributed by atoms with Crippen LogP contribution in [0.1, 0.15) is 239 Å². The molecule has 2 rings (SSSR count). The van der Waals surface area contributed by atoms with Crippen molar-refractivity contribution in [2.75, 3.05) is 19.8 Å². The van der Waals surface area contributed by atoms with Crippen LogP contribution in [0.15, 0.2) is 24.3 Å². The van der Waals surface area contributed by atoms with Gasteiger partial charge in [0.2, 0.25) is 5.91 Å². The van der Waals surface area contributed by atoms with E-state index in [4.69, 9.17) is 18.9 Å².